The van der Waals surface area contributed by atoms with E-state index in [1.807, 2.05) is 24.3 Å². The maximum atomic E-state index is 10.1. The van der Waals surface area contributed by atoms with Crippen molar-refractivity contribution in [3.8, 4) is 23.6 Å². The predicted octanol–water partition coefficient (Wildman–Crippen LogP) is 12.9. The van der Waals surface area contributed by atoms with E-state index >= 15 is 0 Å². The number of nitrogens with zero attached hydrogens (tertiary/aromatic N) is 2. The fraction of sp³-hybridized carbons (Fsp3) is 0.571. The second-order valence-electron chi connectivity index (χ2n) is 13.1. The number of nitriles is 2. The molecule has 0 N–H and O–H groups in total. The average molecular weight is 621 g/mol. The Morgan fingerprint density at radius 3 is 1.07 bits per heavy atom. The molecule has 0 fully saturated rings. The summed E-state index contributed by atoms with van der Waals surface area (Å²) in [5, 5.41) is 25.8. The molecule has 0 heterocycles. The molecule has 0 aliphatic heterocycles. The third-order valence-electron chi connectivity index (χ3n) is 9.58. The van der Waals surface area contributed by atoms with Crippen LogP contribution in [0.3, 0.4) is 0 Å². The lowest BCUT2D eigenvalue weighted by Crippen LogP contribution is -2.05. The quantitative estimate of drug-likeness (QED) is 0.0577. The molecule has 0 unspecified atom stereocenters. The maximum absolute atomic E-state index is 10.1. The van der Waals surface area contributed by atoms with Crippen LogP contribution in [0.15, 0.2) is 36.4 Å². The lowest BCUT2D eigenvalue weighted by Gasteiger charge is -2.21. The molecule has 4 aromatic carbocycles. The first kappa shape index (κ1) is 35.4. The van der Waals surface area contributed by atoms with Crippen LogP contribution in [0.5, 0.6) is 11.5 Å². The minimum absolute atomic E-state index is 0.438. The van der Waals surface area contributed by atoms with E-state index in [-0.39, 0.29) is 0 Å². The Labute approximate surface area is 278 Å². The van der Waals surface area contributed by atoms with Crippen molar-refractivity contribution in [3.05, 3.63) is 47.5 Å². The Balaban J connectivity index is 1.47. The summed E-state index contributed by atoms with van der Waals surface area (Å²) in [6.07, 6.45) is 25.7. The van der Waals surface area contributed by atoms with Crippen LogP contribution < -0.4 is 9.47 Å². The minimum atomic E-state index is 0.438. The second kappa shape index (κ2) is 19.9. The minimum Gasteiger partial charge on any atom is -0.489 e. The van der Waals surface area contributed by atoms with E-state index in [0.29, 0.717) is 24.3 Å². The van der Waals surface area contributed by atoms with Gasteiger partial charge in [-0.2, -0.15) is 10.5 Å². The number of hydrogen-bond donors (Lipinski definition) is 0. The van der Waals surface area contributed by atoms with Gasteiger partial charge in [-0.1, -0.05) is 166 Å². The zero-order valence-corrected chi connectivity index (χ0v) is 28.7. The summed E-state index contributed by atoms with van der Waals surface area (Å²) in [6, 6.07) is 16.7. The summed E-state index contributed by atoms with van der Waals surface area (Å²) in [4.78, 5) is 0. The molecule has 0 atom stereocenters. The molecular formula is C42H56N2O2. The van der Waals surface area contributed by atoms with E-state index in [2.05, 4.69) is 38.1 Å². The van der Waals surface area contributed by atoms with E-state index in [0.717, 1.165) is 69.5 Å². The van der Waals surface area contributed by atoms with Gasteiger partial charge in [-0.3, -0.25) is 0 Å². The first-order valence-electron chi connectivity index (χ1n) is 18.6. The number of unbranched alkanes of at least 4 members (excludes halogenated alkanes) is 18. The van der Waals surface area contributed by atoms with Gasteiger partial charge in [0.05, 0.1) is 24.3 Å². The van der Waals surface area contributed by atoms with E-state index in [1.165, 1.54) is 103 Å². The average Bonchev–Trinajstić information content (AvgIpc) is 3.08. The highest BCUT2D eigenvalue weighted by Crippen LogP contribution is 2.49. The van der Waals surface area contributed by atoms with Gasteiger partial charge in [-0.15, -0.1) is 0 Å². The summed E-state index contributed by atoms with van der Waals surface area (Å²) in [5.41, 5.74) is 0.876. The molecule has 0 aliphatic rings. The van der Waals surface area contributed by atoms with Crippen molar-refractivity contribution in [2.75, 3.05) is 13.2 Å². The standard InChI is InChI=1S/C42H56N2O2/c1-3-5-7-9-11-13-15-17-19-21-29-45-41-35-27-23-25-33-37(31-43)38(32-44)34-26-24-28-36(40(34)39(33)35)42(41)46-30-22-20-18-16-14-12-10-8-6-4-2/h23-28H,3-22,29-30H2,1-2H3. The molecule has 4 aromatic rings. The van der Waals surface area contributed by atoms with Gasteiger partial charge in [0, 0.05) is 32.3 Å². The molecule has 0 saturated carbocycles. The molecular weight excluding hydrogens is 564 g/mol. The zero-order valence-electron chi connectivity index (χ0n) is 28.7. The van der Waals surface area contributed by atoms with Crippen LogP contribution in [0.4, 0.5) is 0 Å². The SMILES string of the molecule is CCCCCCCCCCCCOc1c(OCCCCCCCCCCCC)c2cccc3c(C#N)c(C#N)c4cccc1c4c32. The highest BCUT2D eigenvalue weighted by molar-refractivity contribution is 6.28. The van der Waals surface area contributed by atoms with Crippen molar-refractivity contribution in [3.63, 3.8) is 0 Å². The van der Waals surface area contributed by atoms with Crippen LogP contribution in [-0.2, 0) is 0 Å². The third kappa shape index (κ3) is 9.28. The van der Waals surface area contributed by atoms with Gasteiger partial charge in [-0.05, 0) is 12.8 Å². The number of rotatable bonds is 24. The van der Waals surface area contributed by atoms with Gasteiger partial charge in [0.25, 0.3) is 0 Å². The fourth-order valence-electron chi connectivity index (χ4n) is 7.00. The Morgan fingerprint density at radius 2 is 0.739 bits per heavy atom. The van der Waals surface area contributed by atoms with Crippen LogP contribution >= 0.6 is 0 Å². The fourth-order valence-corrected chi connectivity index (χ4v) is 7.00. The van der Waals surface area contributed by atoms with E-state index < -0.39 is 0 Å². The van der Waals surface area contributed by atoms with Crippen LogP contribution in [0.25, 0.3) is 32.3 Å². The maximum Gasteiger partial charge on any atom is 0.169 e. The highest BCUT2D eigenvalue weighted by atomic mass is 16.5. The molecule has 0 aromatic heterocycles. The molecule has 0 saturated heterocycles. The van der Waals surface area contributed by atoms with Crippen LogP contribution in [0.1, 0.15) is 153 Å². The van der Waals surface area contributed by atoms with Gasteiger partial charge < -0.3 is 9.47 Å². The molecule has 0 bridgehead atoms. The monoisotopic (exact) mass is 620 g/mol. The van der Waals surface area contributed by atoms with Crippen molar-refractivity contribution in [2.45, 2.75) is 142 Å². The highest BCUT2D eigenvalue weighted by Gasteiger charge is 2.24. The number of hydrogen-bond acceptors (Lipinski definition) is 4. The molecule has 246 valence electrons. The van der Waals surface area contributed by atoms with Crippen LogP contribution in [0, 0.1) is 22.7 Å². The van der Waals surface area contributed by atoms with Crippen molar-refractivity contribution in [1.82, 2.24) is 0 Å². The third-order valence-corrected chi connectivity index (χ3v) is 9.58. The first-order valence-corrected chi connectivity index (χ1v) is 18.6. The van der Waals surface area contributed by atoms with E-state index in [4.69, 9.17) is 9.47 Å². The Kier molecular flexibility index (Phi) is 15.3. The van der Waals surface area contributed by atoms with Gasteiger partial charge in [0.2, 0.25) is 0 Å². The Bertz CT molecular complexity index is 1440. The molecule has 4 heteroatoms. The van der Waals surface area contributed by atoms with Crippen molar-refractivity contribution >= 4 is 32.3 Å². The topological polar surface area (TPSA) is 66.0 Å². The van der Waals surface area contributed by atoms with Crippen LogP contribution in [-0.4, -0.2) is 13.2 Å². The van der Waals surface area contributed by atoms with E-state index in [1.54, 1.807) is 0 Å². The summed E-state index contributed by atoms with van der Waals surface area (Å²) in [6.45, 7) is 5.82. The zero-order chi connectivity index (χ0) is 32.4. The number of benzene rings is 4. The van der Waals surface area contributed by atoms with Crippen molar-refractivity contribution in [1.29, 1.82) is 10.5 Å². The molecule has 0 spiro atoms. The largest absolute Gasteiger partial charge is 0.489 e. The molecule has 0 amide bonds. The Hall–Kier alpha value is -3.50. The predicted molar refractivity (Wildman–Crippen MR) is 194 cm³/mol. The molecule has 4 nitrogen and oxygen atoms in total. The second-order valence-corrected chi connectivity index (χ2v) is 13.1. The number of ether oxygens (including phenoxy) is 2. The van der Waals surface area contributed by atoms with E-state index in [9.17, 15) is 10.5 Å². The summed E-state index contributed by atoms with van der Waals surface area (Å²) in [5.74, 6) is 1.56. The molecule has 0 aliphatic carbocycles. The molecule has 0 radical (unpaired) electrons. The van der Waals surface area contributed by atoms with Crippen molar-refractivity contribution < 1.29 is 9.47 Å². The molecule has 4 rings (SSSR count). The normalized spacial score (nSPS) is 11.4. The van der Waals surface area contributed by atoms with Gasteiger partial charge in [-0.25, -0.2) is 0 Å². The lowest BCUT2D eigenvalue weighted by atomic mass is 9.87. The van der Waals surface area contributed by atoms with Crippen molar-refractivity contribution in [2.24, 2.45) is 0 Å². The lowest BCUT2D eigenvalue weighted by molar-refractivity contribution is 0.263. The first-order chi connectivity index (χ1) is 22.8. The summed E-state index contributed by atoms with van der Waals surface area (Å²) < 4.78 is 13.3. The summed E-state index contributed by atoms with van der Waals surface area (Å²) in [7, 11) is 0. The molecule has 46 heavy (non-hydrogen) atoms. The summed E-state index contributed by atoms with van der Waals surface area (Å²) >= 11 is 0. The Morgan fingerprint density at radius 1 is 0.435 bits per heavy atom. The van der Waals surface area contributed by atoms with Gasteiger partial charge >= 0.3 is 0 Å². The smallest absolute Gasteiger partial charge is 0.169 e. The van der Waals surface area contributed by atoms with Crippen LogP contribution in [0.2, 0.25) is 0 Å². The van der Waals surface area contributed by atoms with Gasteiger partial charge in [0.15, 0.2) is 11.5 Å². The van der Waals surface area contributed by atoms with Gasteiger partial charge in [0.1, 0.15) is 12.1 Å².